The minimum Gasteiger partial charge on any atom is -0.396 e. The molecule has 3 aliphatic carbocycles. The summed E-state index contributed by atoms with van der Waals surface area (Å²) in [5.41, 5.74) is 6.05. The molecule has 0 bridgehead atoms. The zero-order valence-electron chi connectivity index (χ0n) is 18.1. The minimum absolute atomic E-state index is 0.0527. The molecule has 32 heavy (non-hydrogen) atoms. The molecule has 0 spiro atoms. The zero-order valence-corrected chi connectivity index (χ0v) is 18.9. The first-order chi connectivity index (χ1) is 15.6. The first kappa shape index (κ1) is 20.3. The molecule has 6 rings (SSSR count). The molecule has 1 fully saturated rings. The van der Waals surface area contributed by atoms with Gasteiger partial charge in [-0.25, -0.2) is 9.07 Å². The third kappa shape index (κ3) is 3.09. The summed E-state index contributed by atoms with van der Waals surface area (Å²) in [5.74, 6) is 0.911. The number of aliphatic hydroxyl groups is 1. The molecule has 1 aliphatic heterocycles. The van der Waals surface area contributed by atoms with Gasteiger partial charge in [0.15, 0.2) is 0 Å². The lowest BCUT2D eigenvalue weighted by molar-refractivity contribution is 0.0833. The number of aliphatic hydroxyl groups excluding tert-OH is 1. The van der Waals surface area contributed by atoms with Crippen LogP contribution in [0.2, 0.25) is 0 Å². The van der Waals surface area contributed by atoms with Crippen molar-refractivity contribution in [1.82, 2.24) is 9.78 Å². The number of aromatic nitrogens is 2. The third-order valence-electron chi connectivity index (χ3n) is 8.02. The fourth-order valence-electron chi connectivity index (χ4n) is 6.11. The Morgan fingerprint density at radius 2 is 2.03 bits per heavy atom. The minimum atomic E-state index is -0.241. The van der Waals surface area contributed by atoms with Gasteiger partial charge in [0.25, 0.3) is 0 Å². The van der Waals surface area contributed by atoms with Crippen LogP contribution in [0.1, 0.15) is 31.0 Å². The Labute approximate surface area is 192 Å². The van der Waals surface area contributed by atoms with Crippen molar-refractivity contribution >= 4 is 17.8 Å². The maximum absolute atomic E-state index is 13.4. The second kappa shape index (κ2) is 7.60. The van der Waals surface area contributed by atoms with E-state index in [0.717, 1.165) is 30.6 Å². The lowest BCUT2D eigenvalue weighted by Gasteiger charge is -2.48. The second-order valence-corrected chi connectivity index (χ2v) is 10.8. The van der Waals surface area contributed by atoms with Gasteiger partial charge in [-0.3, -0.25) is 0 Å². The lowest BCUT2D eigenvalue weighted by atomic mass is 9.56. The summed E-state index contributed by atoms with van der Waals surface area (Å²) in [6.07, 6.45) is 16.2. The number of nitrogens with zero attached hydrogens (tertiary/aromatic N) is 2. The van der Waals surface area contributed by atoms with E-state index >= 15 is 0 Å². The van der Waals surface area contributed by atoms with Crippen molar-refractivity contribution in [2.24, 2.45) is 23.2 Å². The van der Waals surface area contributed by atoms with Crippen molar-refractivity contribution in [2.45, 2.75) is 31.4 Å². The van der Waals surface area contributed by atoms with Gasteiger partial charge in [0, 0.05) is 17.8 Å². The second-order valence-electron chi connectivity index (χ2n) is 9.74. The molecule has 2 aromatic rings. The largest absolute Gasteiger partial charge is 0.396 e. The summed E-state index contributed by atoms with van der Waals surface area (Å²) in [7, 11) is 0. The molecule has 0 saturated heterocycles. The fraction of sp³-hybridized carbons (Fsp3) is 0.370. The first-order valence-electron chi connectivity index (χ1n) is 11.4. The molecule has 2 heterocycles. The number of hydrogen-bond donors (Lipinski definition) is 1. The van der Waals surface area contributed by atoms with E-state index in [0.29, 0.717) is 17.1 Å². The third-order valence-corrected chi connectivity index (χ3v) is 9.19. The molecule has 1 N–H and O–H groups in total. The highest BCUT2D eigenvalue weighted by atomic mass is 32.2. The van der Waals surface area contributed by atoms with Crippen LogP contribution in [-0.2, 0) is 6.42 Å². The average Bonchev–Trinajstić information content (AvgIpc) is 3.41. The fourth-order valence-corrected chi connectivity index (χ4v) is 7.37. The Bertz CT molecular complexity index is 1170. The van der Waals surface area contributed by atoms with Crippen molar-refractivity contribution in [1.29, 1.82) is 0 Å². The van der Waals surface area contributed by atoms with Crippen LogP contribution in [0.5, 0.6) is 0 Å². The highest BCUT2D eigenvalue weighted by Gasteiger charge is 2.47. The van der Waals surface area contributed by atoms with Crippen LogP contribution < -0.4 is 0 Å². The van der Waals surface area contributed by atoms with E-state index in [1.54, 1.807) is 12.1 Å². The van der Waals surface area contributed by atoms with Gasteiger partial charge in [0.1, 0.15) is 5.82 Å². The summed E-state index contributed by atoms with van der Waals surface area (Å²) in [4.78, 5) is 0. The van der Waals surface area contributed by atoms with Gasteiger partial charge >= 0.3 is 0 Å². The highest BCUT2D eigenvalue weighted by Crippen LogP contribution is 2.56. The van der Waals surface area contributed by atoms with Crippen LogP contribution in [0.15, 0.2) is 71.3 Å². The number of allylic oxidation sites excluding steroid dienone is 5. The Balaban J connectivity index is 1.38. The number of hydrogen-bond acceptors (Lipinski definition) is 3. The van der Waals surface area contributed by atoms with Gasteiger partial charge in [-0.15, -0.1) is 11.8 Å². The normalized spacial score (nSPS) is 32.7. The van der Waals surface area contributed by atoms with Crippen molar-refractivity contribution < 1.29 is 9.50 Å². The topological polar surface area (TPSA) is 38.0 Å². The first-order valence-corrected chi connectivity index (χ1v) is 12.4. The SMILES string of the molecule is CC12Cc3cnn(-c4ccc(F)cc4)c3C=C1C[C@@H](C1=CSC3C=CC=CC13)CC2CO. The van der Waals surface area contributed by atoms with Gasteiger partial charge in [0.2, 0.25) is 0 Å². The van der Waals surface area contributed by atoms with E-state index in [4.69, 9.17) is 0 Å². The molecule has 164 valence electrons. The quantitative estimate of drug-likeness (QED) is 0.656. The predicted molar refractivity (Wildman–Crippen MR) is 128 cm³/mol. The molecule has 0 radical (unpaired) electrons. The van der Waals surface area contributed by atoms with Gasteiger partial charge < -0.3 is 5.11 Å². The molecule has 5 heteroatoms. The van der Waals surface area contributed by atoms with E-state index in [1.807, 2.05) is 22.6 Å². The van der Waals surface area contributed by atoms with E-state index in [2.05, 4.69) is 47.8 Å². The average molecular weight is 447 g/mol. The molecule has 4 unspecified atom stereocenters. The van der Waals surface area contributed by atoms with Crippen LogP contribution in [0.3, 0.4) is 0 Å². The molecule has 3 nitrogen and oxygen atoms in total. The van der Waals surface area contributed by atoms with E-state index in [9.17, 15) is 9.50 Å². The maximum Gasteiger partial charge on any atom is 0.123 e. The van der Waals surface area contributed by atoms with Crippen LogP contribution in [0, 0.1) is 29.0 Å². The number of thioether (sulfide) groups is 1. The summed E-state index contributed by atoms with van der Waals surface area (Å²) >= 11 is 1.93. The van der Waals surface area contributed by atoms with Crippen LogP contribution in [0.25, 0.3) is 11.8 Å². The summed E-state index contributed by atoms with van der Waals surface area (Å²) in [6.45, 7) is 2.52. The number of halogens is 1. The zero-order chi connectivity index (χ0) is 21.9. The van der Waals surface area contributed by atoms with Crippen molar-refractivity contribution in [3.63, 3.8) is 0 Å². The standard InChI is InChI=1S/C27H27FN2OS/c1-27-13-18-14-29-30(22-8-6-21(28)7-9-22)25(18)12-19(27)10-17(11-20(27)15-31)24-16-32-26-5-3-2-4-23(24)26/h2-9,12,14,16-17,20,23,26,31H,10-11,13,15H2,1H3/t17-,20?,23?,26?,27?/m1/s1. The van der Waals surface area contributed by atoms with E-state index < -0.39 is 0 Å². The Hall–Kier alpha value is -2.37. The molecule has 1 saturated carbocycles. The van der Waals surface area contributed by atoms with Crippen LogP contribution in [0.4, 0.5) is 4.39 Å². The predicted octanol–water partition coefficient (Wildman–Crippen LogP) is 5.72. The molecule has 0 amide bonds. The molecule has 1 aromatic heterocycles. The van der Waals surface area contributed by atoms with Gasteiger partial charge in [-0.1, -0.05) is 42.4 Å². The van der Waals surface area contributed by atoms with Gasteiger partial charge in [-0.05, 0) is 77.8 Å². The summed E-state index contributed by atoms with van der Waals surface area (Å²) in [6, 6.07) is 6.51. The number of fused-ring (bicyclic) bond motifs is 3. The van der Waals surface area contributed by atoms with E-state index in [-0.39, 0.29) is 23.8 Å². The van der Waals surface area contributed by atoms with Crippen LogP contribution in [-0.4, -0.2) is 26.7 Å². The summed E-state index contributed by atoms with van der Waals surface area (Å²) in [5, 5.41) is 18.0. The maximum atomic E-state index is 13.4. The van der Waals surface area contributed by atoms with Crippen molar-refractivity contribution in [3.05, 3.63) is 88.4 Å². The number of rotatable bonds is 3. The molecule has 5 atom stereocenters. The van der Waals surface area contributed by atoms with Crippen molar-refractivity contribution in [3.8, 4) is 5.69 Å². The monoisotopic (exact) mass is 446 g/mol. The van der Waals surface area contributed by atoms with Crippen molar-refractivity contribution in [2.75, 3.05) is 6.61 Å². The molecular formula is C27H27FN2OS. The lowest BCUT2D eigenvalue weighted by Crippen LogP contribution is -2.42. The molecule has 1 aromatic carbocycles. The molecule has 4 aliphatic rings. The summed E-state index contributed by atoms with van der Waals surface area (Å²) < 4.78 is 15.4. The van der Waals surface area contributed by atoms with Crippen LogP contribution >= 0.6 is 11.8 Å². The highest BCUT2D eigenvalue weighted by molar-refractivity contribution is 8.03. The number of benzene rings is 1. The van der Waals surface area contributed by atoms with Gasteiger partial charge in [0.05, 0.1) is 17.6 Å². The molecular weight excluding hydrogens is 419 g/mol. The van der Waals surface area contributed by atoms with E-state index in [1.165, 1.54) is 28.8 Å². The smallest absolute Gasteiger partial charge is 0.123 e. The Morgan fingerprint density at radius 1 is 1.22 bits per heavy atom. The van der Waals surface area contributed by atoms with Gasteiger partial charge in [-0.2, -0.15) is 5.10 Å². The Kier molecular flexibility index (Phi) is 4.81. The Morgan fingerprint density at radius 3 is 2.84 bits per heavy atom.